The molecule has 1 aromatic rings. The second kappa shape index (κ2) is 6.69. The molecule has 1 atom stereocenters. The van der Waals surface area contributed by atoms with E-state index in [0.717, 1.165) is 13.1 Å². The molecule has 4 heteroatoms. The summed E-state index contributed by atoms with van der Waals surface area (Å²) in [5.74, 6) is -0.279. The summed E-state index contributed by atoms with van der Waals surface area (Å²) in [4.78, 5) is 2.28. The van der Waals surface area contributed by atoms with Gasteiger partial charge in [-0.3, -0.25) is 4.90 Å². The van der Waals surface area contributed by atoms with E-state index in [2.05, 4.69) is 32.6 Å². The minimum absolute atomic E-state index is 0.179. The van der Waals surface area contributed by atoms with Gasteiger partial charge in [0.25, 0.3) is 0 Å². The summed E-state index contributed by atoms with van der Waals surface area (Å²) in [6.45, 7) is 10.2. The van der Waals surface area contributed by atoms with E-state index in [1.165, 1.54) is 6.07 Å². The Hall–Kier alpha value is -0.640. The summed E-state index contributed by atoms with van der Waals surface area (Å²) >= 11 is 6.06. The summed E-state index contributed by atoms with van der Waals surface area (Å²) in [6.07, 6.45) is 0.439. The van der Waals surface area contributed by atoms with Crippen molar-refractivity contribution in [2.75, 3.05) is 13.1 Å². The van der Waals surface area contributed by atoms with E-state index in [-0.39, 0.29) is 17.4 Å². The first-order valence-electron chi connectivity index (χ1n) is 6.78. The maximum Gasteiger partial charge on any atom is 0.127 e. The Kier molecular flexibility index (Phi) is 5.78. The molecule has 0 aromatic heterocycles. The van der Waals surface area contributed by atoms with Gasteiger partial charge in [-0.05, 0) is 45.5 Å². The minimum Gasteiger partial charge on any atom is -0.326 e. The Bertz CT molecular complexity index is 396. The van der Waals surface area contributed by atoms with Crippen LogP contribution in [0.5, 0.6) is 0 Å². The average molecular weight is 287 g/mol. The summed E-state index contributed by atoms with van der Waals surface area (Å²) in [5.41, 5.74) is 6.62. The lowest BCUT2D eigenvalue weighted by Crippen LogP contribution is -2.56. The fraction of sp³-hybridized carbons (Fsp3) is 0.600. The van der Waals surface area contributed by atoms with Crippen LogP contribution in [-0.4, -0.2) is 29.6 Å². The highest BCUT2D eigenvalue weighted by Crippen LogP contribution is 2.25. The van der Waals surface area contributed by atoms with E-state index in [9.17, 15) is 4.39 Å². The van der Waals surface area contributed by atoms with Crippen LogP contribution >= 0.6 is 11.6 Å². The largest absolute Gasteiger partial charge is 0.326 e. The number of hydrogen-bond acceptors (Lipinski definition) is 2. The van der Waals surface area contributed by atoms with Crippen LogP contribution in [0.25, 0.3) is 0 Å². The number of hydrogen-bond donors (Lipinski definition) is 1. The molecule has 0 heterocycles. The number of rotatable bonds is 6. The topological polar surface area (TPSA) is 29.3 Å². The fourth-order valence-corrected chi connectivity index (χ4v) is 2.71. The summed E-state index contributed by atoms with van der Waals surface area (Å²) in [7, 11) is 0. The molecule has 1 rings (SSSR count). The van der Waals surface area contributed by atoms with Gasteiger partial charge in [-0.2, -0.15) is 0 Å². The molecule has 0 fully saturated rings. The highest BCUT2D eigenvalue weighted by Gasteiger charge is 2.32. The zero-order chi connectivity index (χ0) is 14.6. The van der Waals surface area contributed by atoms with Crippen molar-refractivity contribution in [2.45, 2.75) is 45.7 Å². The Labute approximate surface area is 120 Å². The molecule has 0 radical (unpaired) electrons. The lowest BCUT2D eigenvalue weighted by molar-refractivity contribution is 0.106. The molecule has 0 amide bonds. The van der Waals surface area contributed by atoms with Gasteiger partial charge in [0.15, 0.2) is 0 Å². The van der Waals surface area contributed by atoms with Gasteiger partial charge in [0.05, 0.1) is 0 Å². The third kappa shape index (κ3) is 3.68. The molecule has 0 aliphatic rings. The van der Waals surface area contributed by atoms with Crippen LogP contribution in [0.2, 0.25) is 5.02 Å². The smallest absolute Gasteiger partial charge is 0.127 e. The summed E-state index contributed by atoms with van der Waals surface area (Å²) in [5, 5.41) is 0.450. The zero-order valence-corrected chi connectivity index (χ0v) is 13.0. The Balaban J connectivity index is 2.93. The van der Waals surface area contributed by atoms with Gasteiger partial charge in [0, 0.05) is 22.2 Å². The van der Waals surface area contributed by atoms with Crippen molar-refractivity contribution in [1.29, 1.82) is 0 Å². The van der Waals surface area contributed by atoms with Crippen LogP contribution in [0.3, 0.4) is 0 Å². The Morgan fingerprint density at radius 1 is 1.32 bits per heavy atom. The van der Waals surface area contributed by atoms with Crippen LogP contribution in [0, 0.1) is 5.82 Å². The number of nitrogens with two attached hydrogens (primary N) is 1. The van der Waals surface area contributed by atoms with Crippen LogP contribution in [0.15, 0.2) is 18.2 Å². The minimum atomic E-state index is -0.279. The number of halogens is 2. The van der Waals surface area contributed by atoms with Gasteiger partial charge < -0.3 is 5.73 Å². The molecule has 0 bridgehead atoms. The molecule has 1 aromatic carbocycles. The van der Waals surface area contributed by atoms with Crippen molar-refractivity contribution in [3.05, 3.63) is 34.6 Å². The summed E-state index contributed by atoms with van der Waals surface area (Å²) in [6, 6.07) is 4.57. The first kappa shape index (κ1) is 16.4. The molecule has 0 saturated heterocycles. The van der Waals surface area contributed by atoms with Crippen molar-refractivity contribution >= 4 is 11.6 Å². The third-order valence-corrected chi connectivity index (χ3v) is 4.33. The van der Waals surface area contributed by atoms with E-state index in [0.29, 0.717) is 17.0 Å². The quantitative estimate of drug-likeness (QED) is 0.868. The van der Waals surface area contributed by atoms with Gasteiger partial charge in [-0.1, -0.05) is 31.5 Å². The standard InChI is InChI=1S/C15H24ClFN2/c1-5-19(6-2)15(3,4)14(18)10-11-12(16)8-7-9-13(11)17/h7-9,14H,5-6,10,18H2,1-4H3. The maximum absolute atomic E-state index is 13.8. The van der Waals surface area contributed by atoms with Gasteiger partial charge in [0.2, 0.25) is 0 Å². The number of likely N-dealkylation sites (N-methyl/N-ethyl adjacent to an activating group) is 1. The molecule has 2 nitrogen and oxygen atoms in total. The Morgan fingerprint density at radius 2 is 1.89 bits per heavy atom. The predicted molar refractivity (Wildman–Crippen MR) is 80.1 cm³/mol. The average Bonchev–Trinajstić information content (AvgIpc) is 2.34. The molecular formula is C15H24ClFN2. The maximum atomic E-state index is 13.8. The van der Waals surface area contributed by atoms with Crippen LogP contribution in [0.4, 0.5) is 4.39 Å². The van der Waals surface area contributed by atoms with Gasteiger partial charge in [-0.25, -0.2) is 4.39 Å². The molecule has 19 heavy (non-hydrogen) atoms. The van der Waals surface area contributed by atoms with Crippen molar-refractivity contribution in [3.63, 3.8) is 0 Å². The van der Waals surface area contributed by atoms with Gasteiger partial charge in [-0.15, -0.1) is 0 Å². The van der Waals surface area contributed by atoms with Crippen molar-refractivity contribution < 1.29 is 4.39 Å². The number of nitrogens with zero attached hydrogens (tertiary/aromatic N) is 1. The summed E-state index contributed by atoms with van der Waals surface area (Å²) < 4.78 is 13.8. The van der Waals surface area contributed by atoms with Crippen molar-refractivity contribution in [3.8, 4) is 0 Å². The van der Waals surface area contributed by atoms with E-state index in [1.807, 2.05) is 0 Å². The SMILES string of the molecule is CCN(CC)C(C)(C)C(N)Cc1c(F)cccc1Cl. The second-order valence-corrected chi connectivity index (χ2v) is 5.74. The highest BCUT2D eigenvalue weighted by molar-refractivity contribution is 6.31. The molecule has 1 unspecified atom stereocenters. The number of benzene rings is 1. The van der Waals surface area contributed by atoms with E-state index >= 15 is 0 Å². The highest BCUT2D eigenvalue weighted by atomic mass is 35.5. The van der Waals surface area contributed by atoms with Crippen molar-refractivity contribution in [2.24, 2.45) is 5.73 Å². The van der Waals surface area contributed by atoms with E-state index in [1.54, 1.807) is 12.1 Å². The molecular weight excluding hydrogens is 263 g/mol. The molecule has 0 aliphatic heterocycles. The lowest BCUT2D eigenvalue weighted by Gasteiger charge is -2.42. The predicted octanol–water partition coefficient (Wildman–Crippen LogP) is 3.47. The molecule has 108 valence electrons. The van der Waals surface area contributed by atoms with Crippen LogP contribution in [-0.2, 0) is 6.42 Å². The molecule has 0 aliphatic carbocycles. The van der Waals surface area contributed by atoms with Crippen LogP contribution < -0.4 is 5.73 Å². The first-order chi connectivity index (χ1) is 8.84. The zero-order valence-electron chi connectivity index (χ0n) is 12.2. The molecule has 0 spiro atoms. The normalized spacial score (nSPS) is 13.9. The third-order valence-electron chi connectivity index (χ3n) is 3.97. The van der Waals surface area contributed by atoms with Crippen LogP contribution in [0.1, 0.15) is 33.3 Å². The van der Waals surface area contributed by atoms with Gasteiger partial charge in [0.1, 0.15) is 5.82 Å². The van der Waals surface area contributed by atoms with Gasteiger partial charge >= 0.3 is 0 Å². The van der Waals surface area contributed by atoms with E-state index in [4.69, 9.17) is 17.3 Å². The Morgan fingerprint density at radius 3 is 2.37 bits per heavy atom. The lowest BCUT2D eigenvalue weighted by atomic mass is 9.88. The fourth-order valence-electron chi connectivity index (χ4n) is 2.47. The molecule has 0 saturated carbocycles. The first-order valence-corrected chi connectivity index (χ1v) is 7.15. The monoisotopic (exact) mass is 286 g/mol. The van der Waals surface area contributed by atoms with E-state index < -0.39 is 0 Å². The molecule has 2 N–H and O–H groups in total. The van der Waals surface area contributed by atoms with Crippen molar-refractivity contribution in [1.82, 2.24) is 4.90 Å². The second-order valence-electron chi connectivity index (χ2n) is 5.34.